The summed E-state index contributed by atoms with van der Waals surface area (Å²) < 4.78 is 2.80. The van der Waals surface area contributed by atoms with E-state index in [1.807, 2.05) is 0 Å². The third-order valence-electron chi connectivity index (χ3n) is 2.70. The molecule has 2 fully saturated rings. The zero-order valence-electron chi connectivity index (χ0n) is 6.76. The van der Waals surface area contributed by atoms with Crippen LogP contribution in [0.3, 0.4) is 0 Å². The Balaban J connectivity index is 2.16. The third-order valence-corrected chi connectivity index (χ3v) is 9.25. The predicted octanol–water partition coefficient (Wildman–Crippen LogP) is 2.04. The second kappa shape index (κ2) is 2.36. The first-order valence-electron chi connectivity index (χ1n) is 4.11. The van der Waals surface area contributed by atoms with E-state index in [2.05, 4.69) is 29.4 Å². The minimum absolute atomic E-state index is 0.920. The van der Waals surface area contributed by atoms with Crippen LogP contribution in [0.2, 0.25) is 0 Å². The van der Waals surface area contributed by atoms with Crippen LogP contribution < -0.4 is 0 Å². The van der Waals surface area contributed by atoms with E-state index >= 15 is 0 Å². The Morgan fingerprint density at radius 3 is 3.00 bits per heavy atom. The van der Waals surface area contributed by atoms with Crippen LogP contribution in [0.4, 0.5) is 0 Å². The van der Waals surface area contributed by atoms with Crippen LogP contribution in [-0.2, 0) is 0 Å². The number of hydrogen-bond donors (Lipinski definition) is 0. The standard InChI is InChI=1S/C7H16NPS/c1-9(2)8-5-3-4-7(8)6-10-9/h7,9H,3-6H2,1-2H3. The summed E-state index contributed by atoms with van der Waals surface area (Å²) in [7, 11) is 0. The summed E-state index contributed by atoms with van der Waals surface area (Å²) in [6, 6.07) is 0.978. The molecule has 2 aliphatic rings. The predicted molar refractivity (Wildman–Crippen MR) is 52.3 cm³/mol. The van der Waals surface area contributed by atoms with E-state index in [0.717, 1.165) is 6.04 Å². The van der Waals surface area contributed by atoms with Crippen molar-refractivity contribution >= 4 is 18.0 Å². The summed E-state index contributed by atoms with van der Waals surface area (Å²) in [4.78, 5) is 0. The molecule has 10 heavy (non-hydrogen) atoms. The van der Waals surface area contributed by atoms with Crippen molar-refractivity contribution in [3.05, 3.63) is 0 Å². The fourth-order valence-corrected chi connectivity index (χ4v) is 8.16. The Bertz CT molecular complexity index is 149. The van der Waals surface area contributed by atoms with E-state index in [-0.39, 0.29) is 0 Å². The van der Waals surface area contributed by atoms with Crippen LogP contribution in [-0.4, -0.2) is 36.3 Å². The summed E-state index contributed by atoms with van der Waals surface area (Å²) >= 11 is 2.26. The molecule has 3 heteroatoms. The quantitative estimate of drug-likeness (QED) is 0.521. The molecule has 0 aromatic rings. The zero-order chi connectivity index (χ0) is 7.19. The molecule has 0 aromatic carbocycles. The van der Waals surface area contributed by atoms with Gasteiger partial charge in [-0.2, -0.15) is 0 Å². The molecular formula is C7H16NPS. The van der Waals surface area contributed by atoms with Crippen molar-refractivity contribution in [3.63, 3.8) is 0 Å². The maximum atomic E-state index is 2.80. The topological polar surface area (TPSA) is 3.24 Å². The van der Waals surface area contributed by atoms with Gasteiger partial charge in [0.25, 0.3) is 0 Å². The summed E-state index contributed by atoms with van der Waals surface area (Å²) in [5, 5.41) is 0. The van der Waals surface area contributed by atoms with E-state index < -0.39 is 6.62 Å². The Hall–Kier alpha value is 0.740. The summed E-state index contributed by atoms with van der Waals surface area (Å²) in [6.07, 6.45) is 2.94. The molecule has 1 atom stereocenters. The van der Waals surface area contributed by atoms with E-state index in [4.69, 9.17) is 0 Å². The van der Waals surface area contributed by atoms with Gasteiger partial charge in [0, 0.05) is 0 Å². The van der Waals surface area contributed by atoms with Gasteiger partial charge in [0.2, 0.25) is 0 Å². The first kappa shape index (κ1) is 7.39. The van der Waals surface area contributed by atoms with Gasteiger partial charge in [-0.1, -0.05) is 0 Å². The first-order chi connectivity index (χ1) is 4.70. The molecule has 2 aliphatic heterocycles. The van der Waals surface area contributed by atoms with Crippen molar-refractivity contribution in [2.75, 3.05) is 25.6 Å². The van der Waals surface area contributed by atoms with Gasteiger partial charge >= 0.3 is 67.2 Å². The van der Waals surface area contributed by atoms with Gasteiger partial charge in [-0.3, -0.25) is 0 Å². The monoisotopic (exact) mass is 177 g/mol. The Morgan fingerprint density at radius 2 is 2.30 bits per heavy atom. The molecule has 0 spiro atoms. The van der Waals surface area contributed by atoms with E-state index in [1.165, 1.54) is 25.1 Å². The van der Waals surface area contributed by atoms with Crippen LogP contribution in [0, 0.1) is 0 Å². The molecule has 1 unspecified atom stereocenters. The maximum absolute atomic E-state index is 2.80. The Kier molecular flexibility index (Phi) is 1.75. The molecule has 0 aliphatic carbocycles. The zero-order valence-corrected chi connectivity index (χ0v) is 8.58. The third kappa shape index (κ3) is 1.01. The average Bonchev–Trinajstić information content (AvgIpc) is 2.36. The van der Waals surface area contributed by atoms with Crippen molar-refractivity contribution in [1.29, 1.82) is 0 Å². The van der Waals surface area contributed by atoms with Gasteiger partial charge in [-0.05, 0) is 0 Å². The first-order valence-corrected chi connectivity index (χ1v) is 8.76. The van der Waals surface area contributed by atoms with Crippen LogP contribution in [0.5, 0.6) is 0 Å². The molecule has 0 radical (unpaired) electrons. The minimum atomic E-state index is -0.920. The van der Waals surface area contributed by atoms with Gasteiger partial charge in [0.1, 0.15) is 0 Å². The molecule has 0 aromatic heterocycles. The van der Waals surface area contributed by atoms with Crippen molar-refractivity contribution in [1.82, 2.24) is 4.67 Å². The van der Waals surface area contributed by atoms with Gasteiger partial charge in [0.05, 0.1) is 0 Å². The van der Waals surface area contributed by atoms with E-state index in [9.17, 15) is 0 Å². The second-order valence-corrected chi connectivity index (χ2v) is 11.7. The van der Waals surface area contributed by atoms with Crippen LogP contribution >= 0.6 is 18.0 Å². The Morgan fingerprint density at radius 1 is 1.50 bits per heavy atom. The van der Waals surface area contributed by atoms with Crippen molar-refractivity contribution in [2.24, 2.45) is 0 Å². The molecule has 0 N–H and O–H groups in total. The van der Waals surface area contributed by atoms with Gasteiger partial charge in [-0.25, -0.2) is 0 Å². The number of hydrogen-bond acceptors (Lipinski definition) is 2. The molecule has 2 rings (SSSR count). The van der Waals surface area contributed by atoms with Crippen molar-refractivity contribution in [2.45, 2.75) is 18.9 Å². The van der Waals surface area contributed by atoms with Crippen molar-refractivity contribution < 1.29 is 0 Å². The van der Waals surface area contributed by atoms with Crippen LogP contribution in [0.1, 0.15) is 12.8 Å². The number of fused-ring (bicyclic) bond motifs is 1. The van der Waals surface area contributed by atoms with E-state index in [0.29, 0.717) is 0 Å². The Labute approximate surface area is 67.7 Å². The number of nitrogens with zero attached hydrogens (tertiary/aromatic N) is 1. The second-order valence-electron chi connectivity index (χ2n) is 3.75. The summed E-state index contributed by atoms with van der Waals surface area (Å²) in [5.41, 5.74) is 0. The fourth-order valence-electron chi connectivity index (χ4n) is 2.10. The number of rotatable bonds is 0. The van der Waals surface area contributed by atoms with Gasteiger partial charge in [-0.15, -0.1) is 0 Å². The SMILES string of the molecule is C[PH]1(C)SCC2CCCN21. The molecule has 0 amide bonds. The molecule has 60 valence electrons. The van der Waals surface area contributed by atoms with Crippen LogP contribution in [0.15, 0.2) is 0 Å². The fraction of sp³-hybridized carbons (Fsp3) is 1.00. The molecule has 2 saturated heterocycles. The average molecular weight is 177 g/mol. The summed E-state index contributed by atoms with van der Waals surface area (Å²) in [5.74, 6) is 1.43. The molecular weight excluding hydrogens is 161 g/mol. The molecule has 1 nitrogen and oxygen atoms in total. The van der Waals surface area contributed by atoms with Gasteiger partial charge in [0.15, 0.2) is 0 Å². The van der Waals surface area contributed by atoms with E-state index in [1.54, 1.807) is 0 Å². The molecule has 0 saturated carbocycles. The van der Waals surface area contributed by atoms with Crippen LogP contribution in [0.25, 0.3) is 0 Å². The van der Waals surface area contributed by atoms with Crippen molar-refractivity contribution in [3.8, 4) is 0 Å². The normalized spacial score (nSPS) is 41.6. The molecule has 0 bridgehead atoms. The van der Waals surface area contributed by atoms with Gasteiger partial charge < -0.3 is 0 Å². The molecule has 2 heterocycles. The summed E-state index contributed by atoms with van der Waals surface area (Å²) in [6.45, 7) is 5.46.